The van der Waals surface area contributed by atoms with E-state index in [4.69, 9.17) is 14.7 Å². The molecule has 1 aromatic rings. The van der Waals surface area contributed by atoms with Crippen molar-refractivity contribution in [1.29, 1.82) is 5.26 Å². The molecule has 0 aromatic heterocycles. The summed E-state index contributed by atoms with van der Waals surface area (Å²) in [5.74, 6) is 0.744. The number of amides is 1. The van der Waals surface area contributed by atoms with Crippen LogP contribution < -0.4 is 4.74 Å². The summed E-state index contributed by atoms with van der Waals surface area (Å²) in [6, 6.07) is 9.32. The van der Waals surface area contributed by atoms with E-state index in [2.05, 4.69) is 6.07 Å². The van der Waals surface area contributed by atoms with E-state index in [1.807, 2.05) is 25.7 Å². The van der Waals surface area contributed by atoms with E-state index in [0.717, 1.165) is 38.0 Å². The van der Waals surface area contributed by atoms with Gasteiger partial charge in [-0.2, -0.15) is 5.26 Å². The van der Waals surface area contributed by atoms with Crippen molar-refractivity contribution in [1.82, 2.24) is 4.90 Å². The average molecular weight is 330 g/mol. The number of likely N-dealkylation sites (tertiary alicyclic amines) is 1. The summed E-state index contributed by atoms with van der Waals surface area (Å²) in [6.07, 6.45) is 3.67. The second-order valence-corrected chi connectivity index (χ2v) is 7.10. The minimum Gasteiger partial charge on any atom is -0.494 e. The average Bonchev–Trinajstić information content (AvgIpc) is 2.54. The normalized spacial score (nSPS) is 17.9. The third kappa shape index (κ3) is 5.45. The molecule has 1 unspecified atom stereocenters. The number of carbonyl (C=O) groups excluding carboxylic acids is 1. The van der Waals surface area contributed by atoms with E-state index in [0.29, 0.717) is 12.2 Å². The van der Waals surface area contributed by atoms with Gasteiger partial charge in [0.15, 0.2) is 0 Å². The fourth-order valence-corrected chi connectivity index (χ4v) is 2.80. The highest BCUT2D eigenvalue weighted by atomic mass is 16.6. The molecule has 1 aliphatic rings. The molecule has 24 heavy (non-hydrogen) atoms. The Hall–Kier alpha value is -2.22. The molecule has 0 aliphatic carbocycles. The van der Waals surface area contributed by atoms with Crippen molar-refractivity contribution in [2.75, 3.05) is 13.2 Å². The fourth-order valence-electron chi connectivity index (χ4n) is 2.80. The molecule has 5 nitrogen and oxygen atoms in total. The van der Waals surface area contributed by atoms with E-state index in [-0.39, 0.29) is 12.1 Å². The first-order valence-electron chi connectivity index (χ1n) is 8.51. The summed E-state index contributed by atoms with van der Waals surface area (Å²) < 4.78 is 11.3. The molecular weight excluding hydrogens is 304 g/mol. The van der Waals surface area contributed by atoms with Gasteiger partial charge in [0.05, 0.1) is 18.2 Å². The standard InChI is InChI=1S/C19H26N2O3/c1-19(2,3)24-18(22)21-12-5-4-6-16(21)11-13-23-17-9-7-15(14-20)8-10-17/h7-10,16H,4-6,11-13H2,1-3H3. The van der Waals surface area contributed by atoms with Crippen LogP contribution in [0, 0.1) is 11.3 Å². The Bertz CT molecular complexity index is 584. The lowest BCUT2D eigenvalue weighted by Gasteiger charge is -2.36. The van der Waals surface area contributed by atoms with E-state index in [1.165, 1.54) is 0 Å². The zero-order valence-corrected chi connectivity index (χ0v) is 14.7. The van der Waals surface area contributed by atoms with Crippen LogP contribution in [0.3, 0.4) is 0 Å². The van der Waals surface area contributed by atoms with Crippen LogP contribution in [-0.4, -0.2) is 35.8 Å². The predicted octanol–water partition coefficient (Wildman–Crippen LogP) is 4.12. The van der Waals surface area contributed by atoms with Crippen molar-refractivity contribution in [2.45, 2.75) is 58.1 Å². The Morgan fingerprint density at radius 2 is 2.00 bits per heavy atom. The predicted molar refractivity (Wildman–Crippen MR) is 91.8 cm³/mol. The lowest BCUT2D eigenvalue weighted by atomic mass is 10.0. The smallest absolute Gasteiger partial charge is 0.410 e. The Kier molecular flexibility index (Phi) is 6.08. The molecule has 1 fully saturated rings. The fraction of sp³-hybridized carbons (Fsp3) is 0.579. The molecule has 1 saturated heterocycles. The maximum absolute atomic E-state index is 12.4. The van der Waals surface area contributed by atoms with Crippen LogP contribution in [0.1, 0.15) is 52.0 Å². The number of ether oxygens (including phenoxy) is 2. The van der Waals surface area contributed by atoms with Crippen molar-refractivity contribution < 1.29 is 14.3 Å². The monoisotopic (exact) mass is 330 g/mol. The number of carbonyl (C=O) groups is 1. The van der Waals surface area contributed by atoms with Crippen LogP contribution in [0.25, 0.3) is 0 Å². The number of piperidine rings is 1. The van der Waals surface area contributed by atoms with Gasteiger partial charge in [-0.1, -0.05) is 0 Å². The Labute approximate surface area is 144 Å². The zero-order chi connectivity index (χ0) is 17.6. The van der Waals surface area contributed by atoms with Crippen LogP contribution in [0.4, 0.5) is 4.79 Å². The van der Waals surface area contributed by atoms with Gasteiger partial charge in [0.25, 0.3) is 0 Å². The zero-order valence-electron chi connectivity index (χ0n) is 14.7. The molecule has 5 heteroatoms. The molecule has 130 valence electrons. The van der Waals surface area contributed by atoms with Crippen LogP contribution >= 0.6 is 0 Å². The highest BCUT2D eigenvalue weighted by Gasteiger charge is 2.30. The lowest BCUT2D eigenvalue weighted by Crippen LogP contribution is -2.46. The number of nitrogens with zero attached hydrogens (tertiary/aromatic N) is 2. The number of rotatable bonds is 4. The Morgan fingerprint density at radius 1 is 1.29 bits per heavy atom. The van der Waals surface area contributed by atoms with Gasteiger partial charge in [0, 0.05) is 19.0 Å². The van der Waals surface area contributed by atoms with E-state index >= 15 is 0 Å². The van der Waals surface area contributed by atoms with Crippen LogP contribution in [0.15, 0.2) is 24.3 Å². The minimum absolute atomic E-state index is 0.159. The third-order valence-electron chi connectivity index (χ3n) is 3.96. The Balaban J connectivity index is 1.86. The van der Waals surface area contributed by atoms with Crippen LogP contribution in [0.2, 0.25) is 0 Å². The molecule has 0 spiro atoms. The number of hydrogen-bond acceptors (Lipinski definition) is 4. The second-order valence-electron chi connectivity index (χ2n) is 7.10. The third-order valence-corrected chi connectivity index (χ3v) is 3.96. The van der Waals surface area contributed by atoms with E-state index in [9.17, 15) is 4.79 Å². The minimum atomic E-state index is -0.474. The summed E-state index contributed by atoms with van der Waals surface area (Å²) in [5.41, 5.74) is 0.142. The first kappa shape index (κ1) is 18.1. The molecule has 1 amide bonds. The van der Waals surface area contributed by atoms with Gasteiger partial charge in [0.2, 0.25) is 0 Å². The molecule has 0 N–H and O–H groups in total. The summed E-state index contributed by atoms with van der Waals surface area (Å²) in [7, 11) is 0. The van der Waals surface area contributed by atoms with Crippen molar-refractivity contribution in [3.05, 3.63) is 29.8 Å². The first-order chi connectivity index (χ1) is 11.4. The van der Waals surface area contributed by atoms with Gasteiger partial charge in [-0.3, -0.25) is 0 Å². The number of hydrogen-bond donors (Lipinski definition) is 0. The van der Waals surface area contributed by atoms with Gasteiger partial charge in [-0.05, 0) is 64.3 Å². The first-order valence-corrected chi connectivity index (χ1v) is 8.51. The molecule has 1 heterocycles. The Morgan fingerprint density at radius 3 is 2.62 bits per heavy atom. The molecule has 0 radical (unpaired) electrons. The van der Waals surface area contributed by atoms with Crippen molar-refractivity contribution >= 4 is 6.09 Å². The maximum atomic E-state index is 12.4. The second kappa shape index (κ2) is 8.05. The summed E-state index contributed by atoms with van der Waals surface area (Å²) in [4.78, 5) is 14.2. The topological polar surface area (TPSA) is 62.6 Å². The summed E-state index contributed by atoms with van der Waals surface area (Å²) >= 11 is 0. The van der Waals surface area contributed by atoms with Gasteiger partial charge < -0.3 is 14.4 Å². The van der Waals surface area contributed by atoms with Crippen molar-refractivity contribution in [3.8, 4) is 11.8 Å². The SMILES string of the molecule is CC(C)(C)OC(=O)N1CCCCC1CCOc1ccc(C#N)cc1. The molecule has 1 aromatic carbocycles. The molecule has 0 saturated carbocycles. The number of nitriles is 1. The molecule has 1 aliphatic heterocycles. The van der Waals surface area contributed by atoms with Crippen LogP contribution in [0.5, 0.6) is 5.75 Å². The maximum Gasteiger partial charge on any atom is 0.410 e. The van der Waals surface area contributed by atoms with E-state index < -0.39 is 5.60 Å². The molecular formula is C19H26N2O3. The quantitative estimate of drug-likeness (QED) is 0.833. The van der Waals surface area contributed by atoms with Crippen molar-refractivity contribution in [2.24, 2.45) is 0 Å². The van der Waals surface area contributed by atoms with Gasteiger partial charge in [0.1, 0.15) is 11.4 Å². The van der Waals surface area contributed by atoms with Crippen LogP contribution in [-0.2, 0) is 4.74 Å². The molecule has 1 atom stereocenters. The highest BCUT2D eigenvalue weighted by Crippen LogP contribution is 2.23. The molecule has 0 bridgehead atoms. The van der Waals surface area contributed by atoms with Gasteiger partial charge in [-0.25, -0.2) is 4.79 Å². The lowest BCUT2D eigenvalue weighted by molar-refractivity contribution is 0.00744. The highest BCUT2D eigenvalue weighted by molar-refractivity contribution is 5.68. The number of benzene rings is 1. The van der Waals surface area contributed by atoms with Gasteiger partial charge in [-0.15, -0.1) is 0 Å². The summed E-state index contributed by atoms with van der Waals surface area (Å²) in [5, 5.41) is 8.80. The molecule has 2 rings (SSSR count). The summed E-state index contributed by atoms with van der Waals surface area (Å²) in [6.45, 7) is 6.94. The van der Waals surface area contributed by atoms with Gasteiger partial charge >= 0.3 is 6.09 Å². The largest absolute Gasteiger partial charge is 0.494 e. The van der Waals surface area contributed by atoms with Crippen molar-refractivity contribution in [3.63, 3.8) is 0 Å². The van der Waals surface area contributed by atoms with E-state index in [1.54, 1.807) is 24.3 Å².